The number of hydrogen-bond acceptors (Lipinski definition) is 4. The second-order valence-corrected chi connectivity index (χ2v) is 13.0. The van der Waals surface area contributed by atoms with E-state index in [2.05, 4.69) is 6.92 Å². The van der Waals surface area contributed by atoms with E-state index < -0.39 is 35.7 Å². The molecule has 0 aliphatic carbocycles. The van der Waals surface area contributed by atoms with Gasteiger partial charge in [-0.05, 0) is 32.8 Å². The highest BCUT2D eigenvalue weighted by Crippen LogP contribution is 2.22. The summed E-state index contributed by atoms with van der Waals surface area (Å²) in [7, 11) is 0. The van der Waals surface area contributed by atoms with E-state index in [1.165, 1.54) is 116 Å². The van der Waals surface area contributed by atoms with Gasteiger partial charge in [-0.15, -0.1) is 0 Å². The summed E-state index contributed by atoms with van der Waals surface area (Å²) in [6.45, 7) is 7.35. The average molecular weight is 596 g/mol. The van der Waals surface area contributed by atoms with Gasteiger partial charge < -0.3 is 20.1 Å². The number of carbonyl (C=O) groups excluding carboxylic acids is 1. The lowest BCUT2D eigenvalue weighted by atomic mass is 10.0. The topological polar surface area (TPSA) is 115 Å². The van der Waals surface area contributed by atoms with Crippen LogP contribution in [0.4, 0.5) is 0 Å². The smallest absolute Gasteiger partial charge is 0.311 e. The van der Waals surface area contributed by atoms with E-state index in [0.717, 1.165) is 19.3 Å². The van der Waals surface area contributed by atoms with Gasteiger partial charge in [-0.3, -0.25) is 14.1 Å². The third kappa shape index (κ3) is 21.8. The van der Waals surface area contributed by atoms with Crippen molar-refractivity contribution in [3.05, 3.63) is 12.3 Å². The lowest BCUT2D eigenvalue weighted by Crippen LogP contribution is -2.54. The standard InChI is InChI=1S/C35H65NO6/c1-5-6-7-8-9-10-11-12-13-14-15-16-17-18-19-20-21-22-23-24-25-26-36(27-30(2)33(37)38,28-31(3)34(39)40)29-32(4)35(41)42/h25-26,30-32H,5-24,27-29H2,1-4H3,(H2-,37,38,39,40,41,42)/b26-25+. The Morgan fingerprint density at radius 1 is 0.571 bits per heavy atom. The van der Waals surface area contributed by atoms with Gasteiger partial charge >= 0.3 is 11.9 Å². The molecule has 42 heavy (non-hydrogen) atoms. The van der Waals surface area contributed by atoms with Crippen LogP contribution in [0.2, 0.25) is 0 Å². The van der Waals surface area contributed by atoms with Crippen LogP contribution in [-0.2, 0) is 14.4 Å². The van der Waals surface area contributed by atoms with Crippen LogP contribution in [0.3, 0.4) is 0 Å². The van der Waals surface area contributed by atoms with Gasteiger partial charge in [-0.1, -0.05) is 129 Å². The molecule has 0 saturated carbocycles. The number of quaternary nitrogens is 1. The van der Waals surface area contributed by atoms with Crippen molar-refractivity contribution in [2.24, 2.45) is 17.8 Å². The number of hydrogen-bond donors (Lipinski definition) is 2. The summed E-state index contributed by atoms with van der Waals surface area (Å²) in [5, 5.41) is 30.5. The molecular formula is C35H65NO6. The van der Waals surface area contributed by atoms with Crippen molar-refractivity contribution < 1.29 is 34.2 Å². The molecule has 0 rings (SSSR count). The predicted octanol–water partition coefficient (Wildman–Crippen LogP) is 7.97. The molecule has 7 nitrogen and oxygen atoms in total. The van der Waals surface area contributed by atoms with E-state index >= 15 is 0 Å². The highest BCUT2D eigenvalue weighted by atomic mass is 16.4. The molecule has 3 unspecified atom stereocenters. The van der Waals surface area contributed by atoms with E-state index in [4.69, 9.17) is 0 Å². The first-order valence-corrected chi connectivity index (χ1v) is 17.2. The maximum Gasteiger partial charge on any atom is 0.311 e. The maximum atomic E-state index is 11.6. The van der Waals surface area contributed by atoms with Crippen molar-refractivity contribution in [3.63, 3.8) is 0 Å². The van der Waals surface area contributed by atoms with Crippen LogP contribution >= 0.6 is 0 Å². The van der Waals surface area contributed by atoms with Crippen molar-refractivity contribution in [3.8, 4) is 0 Å². The zero-order valence-corrected chi connectivity index (χ0v) is 27.6. The summed E-state index contributed by atoms with van der Waals surface area (Å²) in [5.74, 6) is -5.47. The Morgan fingerprint density at radius 3 is 1.19 bits per heavy atom. The molecule has 0 amide bonds. The molecule has 0 aliphatic heterocycles. The number of aliphatic carboxylic acids is 3. The molecule has 0 aromatic carbocycles. The summed E-state index contributed by atoms with van der Waals surface area (Å²) in [4.78, 5) is 34.7. The van der Waals surface area contributed by atoms with Crippen LogP contribution in [0.15, 0.2) is 12.3 Å². The Hall–Kier alpha value is -1.89. The molecule has 2 N–H and O–H groups in total. The normalized spacial score (nSPS) is 15.3. The molecule has 0 fully saturated rings. The lowest BCUT2D eigenvalue weighted by Gasteiger charge is -2.39. The first kappa shape index (κ1) is 40.1. The third-order valence-electron chi connectivity index (χ3n) is 8.55. The van der Waals surface area contributed by atoms with Gasteiger partial charge in [0.2, 0.25) is 0 Å². The number of nitrogens with zero attached hydrogens (tertiary/aromatic N) is 1. The van der Waals surface area contributed by atoms with Crippen LogP contribution in [0.1, 0.15) is 156 Å². The Balaban J connectivity index is 4.25. The number of carboxylic acids is 3. The number of allylic oxidation sites excluding steroid dienone is 1. The van der Waals surface area contributed by atoms with Gasteiger partial charge in [0.15, 0.2) is 0 Å². The summed E-state index contributed by atoms with van der Waals surface area (Å²) in [5.41, 5.74) is 0. The van der Waals surface area contributed by atoms with E-state index in [0.29, 0.717) is 0 Å². The summed E-state index contributed by atoms with van der Waals surface area (Å²) >= 11 is 0. The zero-order chi connectivity index (χ0) is 31.6. The summed E-state index contributed by atoms with van der Waals surface area (Å²) in [6, 6.07) is 0. The largest absolute Gasteiger partial charge is 0.550 e. The molecule has 0 saturated heterocycles. The van der Waals surface area contributed by atoms with Gasteiger partial charge in [0, 0.05) is 11.9 Å². The Labute approximate surface area is 257 Å². The van der Waals surface area contributed by atoms with E-state index in [1.54, 1.807) is 13.8 Å². The molecule has 0 spiro atoms. The molecule has 3 atom stereocenters. The van der Waals surface area contributed by atoms with Crippen LogP contribution in [-0.4, -0.2) is 52.2 Å². The first-order chi connectivity index (χ1) is 20.0. The highest BCUT2D eigenvalue weighted by molar-refractivity contribution is 5.70. The highest BCUT2D eigenvalue weighted by Gasteiger charge is 2.35. The Kier molecular flexibility index (Phi) is 24.4. The molecular weight excluding hydrogens is 530 g/mol. The molecule has 0 aromatic heterocycles. The number of carboxylic acid groups (broad SMARTS) is 3. The number of rotatable bonds is 30. The van der Waals surface area contributed by atoms with Gasteiger partial charge in [0.05, 0.1) is 25.8 Å². The van der Waals surface area contributed by atoms with Crippen molar-refractivity contribution in [2.75, 3.05) is 19.6 Å². The second-order valence-electron chi connectivity index (χ2n) is 13.0. The lowest BCUT2D eigenvalue weighted by molar-refractivity contribution is -0.886. The summed E-state index contributed by atoms with van der Waals surface area (Å²) < 4.78 is 0.00913. The van der Waals surface area contributed by atoms with Gasteiger partial charge in [-0.2, -0.15) is 0 Å². The van der Waals surface area contributed by atoms with Gasteiger partial charge in [-0.25, -0.2) is 0 Å². The molecule has 0 radical (unpaired) electrons. The van der Waals surface area contributed by atoms with Crippen LogP contribution < -0.4 is 5.11 Å². The monoisotopic (exact) mass is 595 g/mol. The van der Waals surface area contributed by atoms with Gasteiger partial charge in [0.25, 0.3) is 0 Å². The number of carbonyl (C=O) groups is 3. The second kappa shape index (κ2) is 25.6. The van der Waals surface area contributed by atoms with Crippen molar-refractivity contribution >= 4 is 17.9 Å². The summed E-state index contributed by atoms with van der Waals surface area (Å²) in [6.07, 6.45) is 29.9. The predicted molar refractivity (Wildman–Crippen MR) is 170 cm³/mol. The van der Waals surface area contributed by atoms with Gasteiger partial charge in [0.1, 0.15) is 11.8 Å². The van der Waals surface area contributed by atoms with E-state index in [1.807, 2.05) is 12.3 Å². The van der Waals surface area contributed by atoms with Crippen molar-refractivity contribution in [1.29, 1.82) is 0 Å². The van der Waals surface area contributed by atoms with Crippen molar-refractivity contribution in [2.45, 2.75) is 156 Å². The number of unbranched alkanes of at least 4 members (excludes halogenated alkanes) is 19. The molecule has 0 aromatic rings. The molecule has 0 aliphatic rings. The maximum absolute atomic E-state index is 11.6. The third-order valence-corrected chi connectivity index (χ3v) is 8.55. The zero-order valence-electron chi connectivity index (χ0n) is 27.6. The fraction of sp³-hybridized carbons (Fsp3) is 0.857. The molecule has 0 bridgehead atoms. The Bertz CT molecular complexity index is 682. The van der Waals surface area contributed by atoms with Crippen LogP contribution in [0.25, 0.3) is 0 Å². The van der Waals surface area contributed by atoms with Crippen LogP contribution in [0.5, 0.6) is 0 Å². The molecule has 0 heterocycles. The average Bonchev–Trinajstić information content (AvgIpc) is 2.93. The molecule has 246 valence electrons. The fourth-order valence-corrected chi connectivity index (χ4v) is 5.91. The SMILES string of the molecule is CCCCCCCCCCCCCCCCCCCCC/C=C/[N+](CC(C)C(=O)[O-])(CC(C)C(=O)O)CC(C)C(=O)O. The minimum Gasteiger partial charge on any atom is -0.550 e. The van der Waals surface area contributed by atoms with Crippen molar-refractivity contribution in [1.82, 2.24) is 0 Å². The van der Waals surface area contributed by atoms with E-state index in [9.17, 15) is 29.7 Å². The molecule has 7 heteroatoms. The Morgan fingerprint density at radius 2 is 0.881 bits per heavy atom. The quantitative estimate of drug-likeness (QED) is 0.0643. The van der Waals surface area contributed by atoms with Crippen LogP contribution in [0, 0.1) is 17.8 Å². The minimum absolute atomic E-state index is 0.00913. The minimum atomic E-state index is -1.21. The first-order valence-electron chi connectivity index (χ1n) is 17.2. The fourth-order valence-electron chi connectivity index (χ4n) is 5.91. The van der Waals surface area contributed by atoms with E-state index in [-0.39, 0.29) is 24.1 Å².